The second-order valence-corrected chi connectivity index (χ2v) is 9.69. The van der Waals surface area contributed by atoms with Gasteiger partial charge in [-0.2, -0.15) is 0 Å². The van der Waals surface area contributed by atoms with Crippen molar-refractivity contribution in [3.8, 4) is 0 Å². The van der Waals surface area contributed by atoms with Gasteiger partial charge in [-0.05, 0) is 44.0 Å². The standard InChI is InChI=1S/C29H34N2O2S/c1-4-30-29(33)27(20-24-10-6-5-7-11-24)31(21-25-12-8-9-23(3)19-25)28(32)17-18-34-26-15-13-22(2)14-16-26/h5-16,19,27H,4,17-18,20-21H2,1-3H3,(H,30,33). The predicted octanol–water partition coefficient (Wildman–Crippen LogP) is 5.56. The highest BCUT2D eigenvalue weighted by molar-refractivity contribution is 7.99. The molecule has 34 heavy (non-hydrogen) atoms. The molecule has 3 rings (SSSR count). The molecule has 4 nitrogen and oxygen atoms in total. The van der Waals surface area contributed by atoms with Gasteiger partial charge in [-0.25, -0.2) is 0 Å². The molecule has 0 aliphatic carbocycles. The number of aryl methyl sites for hydroxylation is 2. The van der Waals surface area contributed by atoms with Crippen LogP contribution in [-0.2, 0) is 22.6 Å². The lowest BCUT2D eigenvalue weighted by Crippen LogP contribution is -2.50. The lowest BCUT2D eigenvalue weighted by atomic mass is 10.0. The van der Waals surface area contributed by atoms with E-state index in [9.17, 15) is 9.59 Å². The Bertz CT molecular complexity index is 1070. The fourth-order valence-corrected chi connectivity index (χ4v) is 4.73. The molecule has 1 atom stereocenters. The Morgan fingerprint density at radius 3 is 2.26 bits per heavy atom. The van der Waals surface area contributed by atoms with Gasteiger partial charge in [-0.15, -0.1) is 11.8 Å². The largest absolute Gasteiger partial charge is 0.355 e. The molecule has 2 amide bonds. The summed E-state index contributed by atoms with van der Waals surface area (Å²) in [6.07, 6.45) is 0.852. The lowest BCUT2D eigenvalue weighted by Gasteiger charge is -2.31. The third kappa shape index (κ3) is 7.77. The topological polar surface area (TPSA) is 49.4 Å². The summed E-state index contributed by atoms with van der Waals surface area (Å²) in [5, 5.41) is 2.95. The molecule has 1 unspecified atom stereocenters. The molecule has 0 aliphatic rings. The number of likely N-dealkylation sites (N-methyl/N-ethyl adjacent to an activating group) is 1. The monoisotopic (exact) mass is 474 g/mol. The van der Waals surface area contributed by atoms with E-state index < -0.39 is 6.04 Å². The van der Waals surface area contributed by atoms with Crippen molar-refractivity contribution < 1.29 is 9.59 Å². The smallest absolute Gasteiger partial charge is 0.243 e. The Labute approximate surface area is 207 Å². The summed E-state index contributed by atoms with van der Waals surface area (Å²) >= 11 is 1.67. The van der Waals surface area contributed by atoms with Crippen molar-refractivity contribution in [1.29, 1.82) is 0 Å². The quantitative estimate of drug-likeness (QED) is 0.370. The fraction of sp³-hybridized carbons (Fsp3) is 0.310. The van der Waals surface area contributed by atoms with E-state index >= 15 is 0 Å². The second-order valence-electron chi connectivity index (χ2n) is 8.52. The SMILES string of the molecule is CCNC(=O)C(Cc1ccccc1)N(Cc1cccc(C)c1)C(=O)CCSc1ccc(C)cc1. The molecule has 5 heteroatoms. The van der Waals surface area contributed by atoms with Gasteiger partial charge in [0.05, 0.1) is 0 Å². The summed E-state index contributed by atoms with van der Waals surface area (Å²) in [7, 11) is 0. The summed E-state index contributed by atoms with van der Waals surface area (Å²) in [6.45, 7) is 6.95. The third-order valence-corrected chi connectivity index (χ3v) is 6.68. The Morgan fingerprint density at radius 1 is 0.882 bits per heavy atom. The number of hydrogen-bond acceptors (Lipinski definition) is 3. The Balaban J connectivity index is 1.81. The van der Waals surface area contributed by atoms with E-state index in [4.69, 9.17) is 0 Å². The van der Waals surface area contributed by atoms with Crippen molar-refractivity contribution in [1.82, 2.24) is 10.2 Å². The molecular weight excluding hydrogens is 440 g/mol. The van der Waals surface area contributed by atoms with Gasteiger partial charge in [0.2, 0.25) is 11.8 Å². The normalized spacial score (nSPS) is 11.6. The maximum absolute atomic E-state index is 13.5. The van der Waals surface area contributed by atoms with Crippen LogP contribution in [-0.4, -0.2) is 35.1 Å². The van der Waals surface area contributed by atoms with E-state index in [2.05, 4.69) is 42.6 Å². The van der Waals surface area contributed by atoms with Gasteiger partial charge in [-0.1, -0.05) is 77.9 Å². The molecule has 0 bridgehead atoms. The molecule has 0 aromatic heterocycles. The zero-order valence-electron chi connectivity index (χ0n) is 20.3. The van der Waals surface area contributed by atoms with Crippen LogP contribution in [0.25, 0.3) is 0 Å². The molecule has 0 aliphatic heterocycles. The number of nitrogens with zero attached hydrogens (tertiary/aromatic N) is 1. The molecule has 0 spiro atoms. The van der Waals surface area contributed by atoms with Crippen LogP contribution in [0, 0.1) is 13.8 Å². The number of carbonyl (C=O) groups excluding carboxylic acids is 2. The average molecular weight is 475 g/mol. The number of nitrogens with one attached hydrogen (secondary N) is 1. The van der Waals surface area contributed by atoms with Crippen molar-refractivity contribution in [2.45, 2.75) is 51.1 Å². The van der Waals surface area contributed by atoms with Crippen molar-refractivity contribution in [3.05, 3.63) is 101 Å². The molecule has 0 fully saturated rings. The molecule has 0 saturated carbocycles. The van der Waals surface area contributed by atoms with Crippen molar-refractivity contribution in [2.75, 3.05) is 12.3 Å². The van der Waals surface area contributed by atoms with Gasteiger partial charge >= 0.3 is 0 Å². The summed E-state index contributed by atoms with van der Waals surface area (Å²) in [5.74, 6) is 0.548. The number of benzene rings is 3. The van der Waals surface area contributed by atoms with Gasteiger partial charge in [-0.3, -0.25) is 9.59 Å². The van der Waals surface area contributed by atoms with Crippen molar-refractivity contribution >= 4 is 23.6 Å². The molecule has 1 N–H and O–H groups in total. The maximum Gasteiger partial charge on any atom is 0.243 e. The van der Waals surface area contributed by atoms with Crippen molar-refractivity contribution in [3.63, 3.8) is 0 Å². The van der Waals surface area contributed by atoms with Crippen LogP contribution < -0.4 is 5.32 Å². The van der Waals surface area contributed by atoms with Crippen LogP contribution in [0.5, 0.6) is 0 Å². The summed E-state index contributed by atoms with van der Waals surface area (Å²) in [6, 6.07) is 25.8. The van der Waals surface area contributed by atoms with Crippen LogP contribution in [0.4, 0.5) is 0 Å². The van der Waals surface area contributed by atoms with Gasteiger partial charge in [0.15, 0.2) is 0 Å². The van der Waals surface area contributed by atoms with Crippen LogP contribution in [0.2, 0.25) is 0 Å². The zero-order chi connectivity index (χ0) is 24.3. The third-order valence-electron chi connectivity index (χ3n) is 5.66. The predicted molar refractivity (Wildman–Crippen MR) is 141 cm³/mol. The Hall–Kier alpha value is -3.05. The Kier molecular flexibility index (Phi) is 9.77. The fourth-order valence-electron chi connectivity index (χ4n) is 3.89. The number of carbonyl (C=O) groups is 2. The van der Waals surface area contributed by atoms with Gasteiger partial charge in [0.1, 0.15) is 6.04 Å². The first-order valence-corrected chi connectivity index (χ1v) is 12.8. The van der Waals surface area contributed by atoms with Crippen LogP contribution in [0.3, 0.4) is 0 Å². The van der Waals surface area contributed by atoms with Gasteiger partial charge in [0, 0.05) is 36.6 Å². The molecule has 3 aromatic carbocycles. The molecule has 0 heterocycles. The number of amides is 2. The van der Waals surface area contributed by atoms with Gasteiger partial charge in [0.25, 0.3) is 0 Å². The van der Waals surface area contributed by atoms with E-state index in [1.807, 2.05) is 62.4 Å². The minimum Gasteiger partial charge on any atom is -0.355 e. The highest BCUT2D eigenvalue weighted by Gasteiger charge is 2.29. The maximum atomic E-state index is 13.5. The van der Waals surface area contributed by atoms with E-state index in [-0.39, 0.29) is 11.8 Å². The van der Waals surface area contributed by atoms with E-state index in [1.54, 1.807) is 16.7 Å². The second kappa shape index (κ2) is 13.0. The molecule has 3 aromatic rings. The minimum absolute atomic E-state index is 0.00620. The first-order valence-electron chi connectivity index (χ1n) is 11.8. The molecule has 178 valence electrons. The number of rotatable bonds is 11. The van der Waals surface area contributed by atoms with Crippen LogP contribution in [0.15, 0.2) is 83.8 Å². The molecule has 0 radical (unpaired) electrons. The zero-order valence-corrected chi connectivity index (χ0v) is 21.1. The highest BCUT2D eigenvalue weighted by Crippen LogP contribution is 2.21. The minimum atomic E-state index is -0.570. The summed E-state index contributed by atoms with van der Waals surface area (Å²) < 4.78 is 0. The summed E-state index contributed by atoms with van der Waals surface area (Å²) in [4.78, 5) is 29.6. The molecular formula is C29H34N2O2S. The first-order chi connectivity index (χ1) is 16.5. The van der Waals surface area contributed by atoms with Crippen LogP contribution in [0.1, 0.15) is 35.6 Å². The number of thioether (sulfide) groups is 1. The van der Waals surface area contributed by atoms with Crippen molar-refractivity contribution in [2.24, 2.45) is 0 Å². The van der Waals surface area contributed by atoms with Gasteiger partial charge < -0.3 is 10.2 Å². The lowest BCUT2D eigenvalue weighted by molar-refractivity contribution is -0.140. The highest BCUT2D eigenvalue weighted by atomic mass is 32.2. The first kappa shape index (κ1) is 25.6. The average Bonchev–Trinajstić information content (AvgIpc) is 2.83. The summed E-state index contributed by atoms with van der Waals surface area (Å²) in [5.41, 5.74) is 4.42. The van der Waals surface area contributed by atoms with E-state index in [1.165, 1.54) is 5.56 Å². The van der Waals surface area contributed by atoms with E-state index in [0.717, 1.165) is 21.6 Å². The molecule has 0 saturated heterocycles. The Morgan fingerprint density at radius 2 is 1.59 bits per heavy atom. The number of hydrogen-bond donors (Lipinski definition) is 1. The van der Waals surface area contributed by atoms with E-state index in [0.29, 0.717) is 31.7 Å². The van der Waals surface area contributed by atoms with Crippen LogP contribution >= 0.6 is 11.8 Å².